The molecule has 14 heteroatoms. The third-order valence-electron chi connectivity index (χ3n) is 7.40. The molecule has 0 radical (unpaired) electrons. The van der Waals surface area contributed by atoms with Crippen LogP contribution < -0.4 is 0 Å². The van der Waals surface area contributed by atoms with Crippen molar-refractivity contribution in [2.45, 2.75) is 30.0 Å². The van der Waals surface area contributed by atoms with Gasteiger partial charge < -0.3 is 0 Å². The van der Waals surface area contributed by atoms with Crippen molar-refractivity contribution in [2.24, 2.45) is 13.0 Å². The number of hydrogen-bond acceptors (Lipinski definition) is 6. The summed E-state index contributed by atoms with van der Waals surface area (Å²) in [5, 5.41) is 8.36. The van der Waals surface area contributed by atoms with Gasteiger partial charge in [-0.05, 0) is 60.9 Å². The smallest absolute Gasteiger partial charge is 0.291 e. The van der Waals surface area contributed by atoms with Crippen molar-refractivity contribution < 1.29 is 30.8 Å². The summed E-state index contributed by atoms with van der Waals surface area (Å²) >= 11 is 0. The molecule has 9 nitrogen and oxygen atoms in total. The lowest BCUT2D eigenvalue weighted by Crippen LogP contribution is -2.54. The molecule has 41 heavy (non-hydrogen) atoms. The Balaban J connectivity index is 1.44. The average molecular weight is 587 g/mol. The van der Waals surface area contributed by atoms with Crippen LogP contribution in [0.5, 0.6) is 0 Å². The largest absolute Gasteiger partial charge is 0.416 e. The fraction of sp³-hybridized carbons (Fsp3) is 0.259. The van der Waals surface area contributed by atoms with Crippen LogP contribution in [0.25, 0.3) is 11.8 Å². The van der Waals surface area contributed by atoms with Crippen molar-refractivity contribution in [3.8, 4) is 5.69 Å². The Kier molecular flexibility index (Phi) is 6.41. The number of alkyl halides is 3. The van der Waals surface area contributed by atoms with Gasteiger partial charge in [0.15, 0.2) is 5.78 Å². The first-order valence-electron chi connectivity index (χ1n) is 12.5. The first-order chi connectivity index (χ1) is 19.4. The molecule has 4 heterocycles. The van der Waals surface area contributed by atoms with Gasteiger partial charge in [0, 0.05) is 31.9 Å². The zero-order valence-electron chi connectivity index (χ0n) is 21.5. The lowest BCUT2D eigenvalue weighted by Gasteiger charge is -2.42. The molecule has 0 saturated carbocycles. The van der Waals surface area contributed by atoms with E-state index in [1.54, 1.807) is 30.1 Å². The van der Waals surface area contributed by atoms with Crippen LogP contribution in [0.3, 0.4) is 0 Å². The Bertz CT molecular complexity index is 1790. The van der Waals surface area contributed by atoms with E-state index in [1.807, 2.05) is 6.08 Å². The molecule has 6 rings (SSSR count). The van der Waals surface area contributed by atoms with Crippen molar-refractivity contribution in [2.75, 3.05) is 6.54 Å². The number of carbonyl (C=O) groups is 1. The Hall–Kier alpha value is -4.17. The molecule has 1 aliphatic heterocycles. The predicted octanol–water partition coefficient (Wildman–Crippen LogP) is 4.06. The molecule has 4 aromatic rings. The number of aromatic nitrogens is 5. The standard InChI is InChI=1S/C27H22F4N6O3S/c1-35-15-21(14-33-35)41(39,40)36-9-7-16-11-24-17(13-34-37(24)20-4-2-19(28)3-5-20)10-22(16)25(36)26(38)23-12-18(6-8-32-23)27(29,30)31/h2-6,8,11-15,22,25H,7,9-10H2,1H3/t22?,25-/m0/s1. The van der Waals surface area contributed by atoms with Gasteiger partial charge in [-0.1, -0.05) is 5.57 Å². The highest BCUT2D eigenvalue weighted by molar-refractivity contribution is 7.89. The number of ketones is 1. The monoisotopic (exact) mass is 586 g/mol. The normalized spacial score (nSPS) is 19.4. The fourth-order valence-corrected chi connectivity index (χ4v) is 7.05. The first kappa shape index (κ1) is 27.0. The molecule has 1 fully saturated rings. The van der Waals surface area contributed by atoms with Gasteiger partial charge in [-0.15, -0.1) is 0 Å². The number of halogens is 4. The summed E-state index contributed by atoms with van der Waals surface area (Å²) in [6, 6.07) is 5.80. The number of piperidine rings is 1. The highest BCUT2D eigenvalue weighted by atomic mass is 32.2. The van der Waals surface area contributed by atoms with Gasteiger partial charge in [0.05, 0.1) is 35.4 Å². The van der Waals surface area contributed by atoms with Crippen LogP contribution in [0.2, 0.25) is 0 Å². The van der Waals surface area contributed by atoms with Crippen LogP contribution in [0.4, 0.5) is 17.6 Å². The number of aryl methyl sites for hydroxylation is 1. The molecule has 1 aromatic carbocycles. The molecule has 0 bridgehead atoms. The third kappa shape index (κ3) is 4.76. The third-order valence-corrected chi connectivity index (χ3v) is 9.24. The van der Waals surface area contributed by atoms with E-state index in [9.17, 15) is 30.8 Å². The van der Waals surface area contributed by atoms with Gasteiger partial charge >= 0.3 is 6.18 Å². The maximum atomic E-state index is 14.0. The Morgan fingerprint density at radius 3 is 2.51 bits per heavy atom. The predicted molar refractivity (Wildman–Crippen MR) is 138 cm³/mol. The molecular weight excluding hydrogens is 564 g/mol. The van der Waals surface area contributed by atoms with Gasteiger partial charge in [-0.2, -0.15) is 27.7 Å². The van der Waals surface area contributed by atoms with Gasteiger partial charge in [0.25, 0.3) is 0 Å². The van der Waals surface area contributed by atoms with E-state index in [1.165, 1.54) is 23.0 Å². The van der Waals surface area contributed by atoms with Gasteiger partial charge in [-0.3, -0.25) is 14.5 Å². The number of sulfonamides is 1. The molecular formula is C27H22F4N6O3S. The number of rotatable bonds is 5. The van der Waals surface area contributed by atoms with Crippen LogP contribution >= 0.6 is 0 Å². The van der Waals surface area contributed by atoms with Gasteiger partial charge in [0.2, 0.25) is 10.0 Å². The molecule has 3 aromatic heterocycles. The van der Waals surface area contributed by atoms with Gasteiger partial charge in [-0.25, -0.2) is 17.5 Å². The molecule has 2 aliphatic rings. The van der Waals surface area contributed by atoms with Crippen molar-refractivity contribution >= 4 is 21.9 Å². The Morgan fingerprint density at radius 1 is 1.07 bits per heavy atom. The Labute approximate surface area is 231 Å². The van der Waals surface area contributed by atoms with E-state index in [4.69, 9.17) is 0 Å². The maximum absolute atomic E-state index is 14.0. The van der Waals surface area contributed by atoms with Crippen molar-refractivity contribution in [3.05, 3.63) is 95.1 Å². The molecule has 212 valence electrons. The molecule has 1 unspecified atom stereocenters. The summed E-state index contributed by atoms with van der Waals surface area (Å²) in [6.45, 7) is -0.0883. The van der Waals surface area contributed by atoms with E-state index in [-0.39, 0.29) is 24.3 Å². The summed E-state index contributed by atoms with van der Waals surface area (Å²) < 4.78 is 85.4. The number of Topliss-reactive ketones (excluding diaryl/α,β-unsaturated/α-hetero) is 1. The minimum Gasteiger partial charge on any atom is -0.291 e. The summed E-state index contributed by atoms with van der Waals surface area (Å²) in [4.78, 5) is 17.7. The molecule has 1 saturated heterocycles. The van der Waals surface area contributed by atoms with E-state index >= 15 is 0 Å². The lowest BCUT2D eigenvalue weighted by molar-refractivity contribution is -0.137. The summed E-state index contributed by atoms with van der Waals surface area (Å²) in [5.74, 6) is -1.93. The number of fused-ring (bicyclic) bond motifs is 2. The number of carbonyl (C=O) groups excluding carboxylic acids is 1. The molecule has 0 spiro atoms. The molecule has 0 N–H and O–H groups in total. The summed E-state index contributed by atoms with van der Waals surface area (Å²) in [6.07, 6.45) is 2.53. The molecule has 2 atom stereocenters. The van der Waals surface area contributed by atoms with E-state index in [0.29, 0.717) is 23.0 Å². The number of hydrogen-bond donors (Lipinski definition) is 0. The quantitative estimate of drug-likeness (QED) is 0.258. The highest BCUT2D eigenvalue weighted by Gasteiger charge is 2.47. The Morgan fingerprint density at radius 2 is 1.83 bits per heavy atom. The number of benzene rings is 1. The van der Waals surface area contributed by atoms with E-state index in [0.717, 1.165) is 28.3 Å². The number of pyridine rings is 1. The second-order valence-electron chi connectivity index (χ2n) is 9.93. The zero-order valence-corrected chi connectivity index (χ0v) is 22.3. The van der Waals surface area contributed by atoms with Crippen LogP contribution in [-0.4, -0.2) is 55.6 Å². The second kappa shape index (κ2) is 9.73. The van der Waals surface area contributed by atoms with Crippen LogP contribution in [0.15, 0.2) is 71.7 Å². The second-order valence-corrected chi connectivity index (χ2v) is 11.8. The van der Waals surface area contributed by atoms with Crippen molar-refractivity contribution in [1.29, 1.82) is 0 Å². The topological polar surface area (TPSA) is 103 Å². The van der Waals surface area contributed by atoms with Crippen LogP contribution in [0.1, 0.15) is 33.7 Å². The SMILES string of the molecule is Cn1cc(S(=O)(=O)N2CCC3=Cc4c(cnn4-c4ccc(F)cc4)CC3[C@H]2C(=O)c2cc(C(F)(F)F)ccn2)cn1. The van der Waals surface area contributed by atoms with Crippen molar-refractivity contribution in [1.82, 2.24) is 28.9 Å². The average Bonchev–Trinajstić information content (AvgIpc) is 3.57. The zero-order chi connectivity index (χ0) is 29.1. The van der Waals surface area contributed by atoms with Crippen LogP contribution in [0, 0.1) is 11.7 Å². The summed E-state index contributed by atoms with van der Waals surface area (Å²) in [7, 11) is -2.71. The van der Waals surface area contributed by atoms with Gasteiger partial charge in [0.1, 0.15) is 16.4 Å². The minimum atomic E-state index is -4.72. The molecule has 0 amide bonds. The number of nitrogens with zero attached hydrogens (tertiary/aromatic N) is 6. The van der Waals surface area contributed by atoms with E-state index < -0.39 is 51.0 Å². The minimum absolute atomic E-state index is 0.0883. The maximum Gasteiger partial charge on any atom is 0.416 e. The summed E-state index contributed by atoms with van der Waals surface area (Å²) in [5.41, 5.74) is 1.24. The highest BCUT2D eigenvalue weighted by Crippen LogP contribution is 2.41. The molecule has 1 aliphatic carbocycles. The first-order valence-corrected chi connectivity index (χ1v) is 14.0. The van der Waals surface area contributed by atoms with Crippen molar-refractivity contribution in [3.63, 3.8) is 0 Å². The van der Waals surface area contributed by atoms with Crippen LogP contribution in [-0.2, 0) is 29.7 Å². The lowest BCUT2D eigenvalue weighted by atomic mass is 9.76. The van der Waals surface area contributed by atoms with E-state index in [2.05, 4.69) is 15.2 Å². The fourth-order valence-electron chi connectivity index (χ4n) is 5.44.